The summed E-state index contributed by atoms with van der Waals surface area (Å²) < 4.78 is 28.7. The lowest BCUT2D eigenvalue weighted by atomic mass is 10.0. The summed E-state index contributed by atoms with van der Waals surface area (Å²) in [4.78, 5) is 6.47. The van der Waals surface area contributed by atoms with Crippen LogP contribution in [0, 0.1) is 5.82 Å². The van der Waals surface area contributed by atoms with Gasteiger partial charge in [-0.1, -0.05) is 54.6 Å². The summed E-state index contributed by atoms with van der Waals surface area (Å²) in [6.07, 6.45) is 3.46. The van der Waals surface area contributed by atoms with Crippen LogP contribution in [0.25, 0.3) is 11.1 Å². The van der Waals surface area contributed by atoms with E-state index < -0.39 is 17.2 Å². The van der Waals surface area contributed by atoms with Gasteiger partial charge in [-0.25, -0.2) is 4.39 Å². The van der Waals surface area contributed by atoms with Crippen molar-refractivity contribution in [3.8, 4) is 11.1 Å². The Hall–Kier alpha value is -2.25. The van der Waals surface area contributed by atoms with Gasteiger partial charge in [0.25, 0.3) is 0 Å². The van der Waals surface area contributed by atoms with E-state index in [1.165, 1.54) is 29.0 Å². The number of likely N-dealkylation sites (tertiary alicyclic amines) is 1. The summed E-state index contributed by atoms with van der Waals surface area (Å²) in [5.41, 5.74) is 3.69. The Morgan fingerprint density at radius 2 is 1.82 bits per heavy atom. The van der Waals surface area contributed by atoms with Crippen molar-refractivity contribution in [2.75, 3.05) is 13.1 Å². The lowest BCUT2D eigenvalue weighted by molar-refractivity contribution is 0.324. The molecule has 1 aromatic heterocycles. The molecule has 1 fully saturated rings. The number of benzene rings is 2. The van der Waals surface area contributed by atoms with Crippen LogP contribution in [0.1, 0.15) is 12.0 Å². The largest absolute Gasteiger partial charge is 0.593 e. The van der Waals surface area contributed by atoms with Crippen molar-refractivity contribution in [1.82, 2.24) is 14.6 Å². The highest BCUT2D eigenvalue weighted by atomic mass is 32.2. The maximum absolute atomic E-state index is 13.2. The van der Waals surface area contributed by atoms with E-state index in [-0.39, 0.29) is 6.04 Å². The molecule has 1 N–H and O–H groups in total. The van der Waals surface area contributed by atoms with Gasteiger partial charge in [0.15, 0.2) is 4.90 Å². The second-order valence-corrected chi connectivity index (χ2v) is 8.25. The molecule has 1 aliphatic rings. The van der Waals surface area contributed by atoms with Gasteiger partial charge >= 0.3 is 0 Å². The van der Waals surface area contributed by atoms with Crippen LogP contribution in [0.4, 0.5) is 4.39 Å². The highest BCUT2D eigenvalue weighted by molar-refractivity contribution is 7.89. The summed E-state index contributed by atoms with van der Waals surface area (Å²) in [7, 11) is 0. The van der Waals surface area contributed by atoms with E-state index in [4.69, 9.17) is 0 Å². The van der Waals surface area contributed by atoms with Crippen LogP contribution in [-0.2, 0) is 17.9 Å². The van der Waals surface area contributed by atoms with E-state index in [0.717, 1.165) is 32.3 Å². The summed E-state index contributed by atoms with van der Waals surface area (Å²) in [5.74, 6) is -0.473. The first-order valence-corrected chi connectivity index (χ1v) is 10.5. The zero-order chi connectivity index (χ0) is 19.3. The van der Waals surface area contributed by atoms with Crippen molar-refractivity contribution >= 4 is 11.4 Å². The molecule has 0 radical (unpaired) electrons. The molecule has 3 aromatic rings. The van der Waals surface area contributed by atoms with Crippen LogP contribution in [0.2, 0.25) is 0 Å². The third kappa shape index (κ3) is 4.77. The fraction of sp³-hybridized carbons (Fsp3) is 0.227. The van der Waals surface area contributed by atoms with Crippen molar-refractivity contribution in [1.29, 1.82) is 0 Å². The summed E-state index contributed by atoms with van der Waals surface area (Å²) in [6.45, 7) is 2.62. The lowest BCUT2D eigenvalue weighted by Gasteiger charge is -2.18. The van der Waals surface area contributed by atoms with Crippen LogP contribution in [0.3, 0.4) is 0 Å². The smallest absolute Gasteiger partial charge is 0.195 e. The van der Waals surface area contributed by atoms with Gasteiger partial charge in [0, 0.05) is 25.7 Å². The lowest BCUT2D eigenvalue weighted by Crippen LogP contribution is -2.37. The molecule has 2 atom stereocenters. The zero-order valence-electron chi connectivity index (χ0n) is 15.4. The molecule has 0 saturated carbocycles. The predicted octanol–water partition coefficient (Wildman–Crippen LogP) is 3.77. The predicted molar refractivity (Wildman–Crippen MR) is 109 cm³/mol. The maximum atomic E-state index is 13.2. The highest BCUT2D eigenvalue weighted by Crippen LogP contribution is 2.21. The molecular weight excluding hydrogens is 373 g/mol. The Morgan fingerprint density at radius 3 is 2.57 bits per heavy atom. The quantitative estimate of drug-likeness (QED) is 0.646. The van der Waals surface area contributed by atoms with Crippen LogP contribution in [0.5, 0.6) is 0 Å². The minimum atomic E-state index is -1.45. The topological polar surface area (TPSA) is 51.2 Å². The monoisotopic (exact) mass is 395 g/mol. The minimum absolute atomic E-state index is 0.118. The van der Waals surface area contributed by atoms with Crippen LogP contribution < -0.4 is 4.72 Å². The van der Waals surface area contributed by atoms with Gasteiger partial charge in [0.1, 0.15) is 5.82 Å². The van der Waals surface area contributed by atoms with Gasteiger partial charge in [-0.3, -0.25) is 9.88 Å². The third-order valence-corrected chi connectivity index (χ3v) is 6.11. The molecule has 0 aliphatic carbocycles. The summed E-state index contributed by atoms with van der Waals surface area (Å²) in [6, 6.07) is 20.4. The molecule has 0 bridgehead atoms. The van der Waals surface area contributed by atoms with E-state index in [9.17, 15) is 8.94 Å². The van der Waals surface area contributed by atoms with Gasteiger partial charge in [-0.15, -0.1) is 4.72 Å². The average molecular weight is 396 g/mol. The van der Waals surface area contributed by atoms with Crippen LogP contribution in [0.15, 0.2) is 78.0 Å². The van der Waals surface area contributed by atoms with Gasteiger partial charge < -0.3 is 4.55 Å². The SMILES string of the molecule is [O-][S+](N[C@@H]1CCN(Cc2ccc(-c3ccccc3)cc2)C1)c1cncc(F)c1. The van der Waals surface area contributed by atoms with Gasteiger partial charge in [-0.2, -0.15) is 0 Å². The fourth-order valence-corrected chi connectivity index (χ4v) is 4.48. The number of rotatable bonds is 6. The first-order chi connectivity index (χ1) is 13.7. The molecule has 1 aliphatic heterocycles. The van der Waals surface area contributed by atoms with Crippen LogP contribution in [-0.4, -0.2) is 33.6 Å². The molecule has 6 heteroatoms. The van der Waals surface area contributed by atoms with Gasteiger partial charge in [0.05, 0.1) is 29.8 Å². The minimum Gasteiger partial charge on any atom is -0.593 e. The van der Waals surface area contributed by atoms with E-state index >= 15 is 0 Å². The number of hydrogen-bond acceptors (Lipinski definition) is 4. The third-order valence-electron chi connectivity index (χ3n) is 4.91. The molecule has 1 unspecified atom stereocenters. The Balaban J connectivity index is 1.31. The number of hydrogen-bond donors (Lipinski definition) is 1. The van der Waals surface area contributed by atoms with Crippen molar-refractivity contribution in [3.05, 3.63) is 84.4 Å². The average Bonchev–Trinajstić information content (AvgIpc) is 3.16. The Morgan fingerprint density at radius 1 is 1.07 bits per heavy atom. The number of nitrogens with one attached hydrogen (secondary N) is 1. The molecule has 4 rings (SSSR count). The normalized spacial score (nSPS) is 18.3. The Bertz CT molecular complexity index is 907. The highest BCUT2D eigenvalue weighted by Gasteiger charge is 2.27. The first kappa shape index (κ1) is 19.1. The Kier molecular flexibility index (Phi) is 6.02. The van der Waals surface area contributed by atoms with Gasteiger partial charge in [0.2, 0.25) is 0 Å². The second-order valence-electron chi connectivity index (χ2n) is 7.01. The van der Waals surface area contributed by atoms with Crippen molar-refractivity contribution in [2.45, 2.75) is 23.9 Å². The van der Waals surface area contributed by atoms with E-state index in [1.807, 2.05) is 18.2 Å². The molecule has 0 amide bonds. The van der Waals surface area contributed by atoms with E-state index in [2.05, 4.69) is 51.0 Å². The zero-order valence-corrected chi connectivity index (χ0v) is 16.2. The molecule has 28 heavy (non-hydrogen) atoms. The molecule has 2 aromatic carbocycles. The Labute approximate surface area is 167 Å². The summed E-state index contributed by atoms with van der Waals surface area (Å²) in [5, 5.41) is 0. The molecule has 144 valence electrons. The van der Waals surface area contributed by atoms with E-state index in [0.29, 0.717) is 4.90 Å². The maximum Gasteiger partial charge on any atom is 0.195 e. The number of pyridine rings is 1. The number of halogens is 1. The van der Waals surface area contributed by atoms with Crippen LogP contribution >= 0.6 is 0 Å². The molecule has 1 saturated heterocycles. The number of aromatic nitrogens is 1. The molecule has 4 nitrogen and oxygen atoms in total. The van der Waals surface area contributed by atoms with Crippen molar-refractivity contribution in [3.63, 3.8) is 0 Å². The van der Waals surface area contributed by atoms with Crippen molar-refractivity contribution in [2.24, 2.45) is 0 Å². The second kappa shape index (κ2) is 8.84. The fourth-order valence-electron chi connectivity index (χ4n) is 3.48. The first-order valence-electron chi connectivity index (χ1n) is 9.32. The van der Waals surface area contributed by atoms with E-state index in [1.54, 1.807) is 0 Å². The summed E-state index contributed by atoms with van der Waals surface area (Å²) >= 11 is -1.45. The van der Waals surface area contributed by atoms with Crippen molar-refractivity contribution < 1.29 is 8.94 Å². The molecular formula is C22H22FN3OS. The number of nitrogens with zero attached hydrogens (tertiary/aromatic N) is 2. The molecule has 0 spiro atoms. The molecule has 2 heterocycles. The standard InChI is InChI=1S/C22H22FN3OS/c23-20-12-22(14-24-13-20)28(27)25-21-10-11-26(16-21)15-17-6-8-19(9-7-17)18-4-2-1-3-5-18/h1-9,12-14,21,25H,10-11,15-16H2/t21-,28?/m1/s1. The van der Waals surface area contributed by atoms with Gasteiger partial charge in [-0.05, 0) is 23.1 Å².